The minimum absolute atomic E-state index is 0.0376. The smallest absolute Gasteiger partial charge is 0.249 e. The Hall–Kier alpha value is -2.68. The molecule has 2 aromatic rings. The number of hydrogen-bond acceptors (Lipinski definition) is 7. The van der Waals surface area contributed by atoms with E-state index in [0.717, 1.165) is 5.82 Å². The van der Waals surface area contributed by atoms with Gasteiger partial charge in [0.2, 0.25) is 17.7 Å². The number of anilines is 1. The Labute approximate surface area is 146 Å². The predicted octanol–water partition coefficient (Wildman–Crippen LogP) is 0.619. The lowest BCUT2D eigenvalue weighted by Gasteiger charge is -2.40. The van der Waals surface area contributed by atoms with Crippen molar-refractivity contribution in [1.82, 2.24) is 24.4 Å². The van der Waals surface area contributed by atoms with Crippen molar-refractivity contribution in [2.24, 2.45) is 7.05 Å². The standard InChI is InChI=1S/C16H22N6O3/c1-4-22-13(23)10-25-11(14(22)15-17-7-8-21(15)2)9-19-16-18-6-5-12(20-16)24-3/h5-8,11,14H,4,9-10H2,1-3H3,(H,18,19,20)/t11-,14+/m0/s1. The van der Waals surface area contributed by atoms with Gasteiger partial charge in [-0.25, -0.2) is 9.97 Å². The summed E-state index contributed by atoms with van der Waals surface area (Å²) < 4.78 is 12.8. The Morgan fingerprint density at radius 3 is 2.92 bits per heavy atom. The van der Waals surface area contributed by atoms with Gasteiger partial charge in [-0.2, -0.15) is 4.98 Å². The van der Waals surface area contributed by atoms with E-state index in [1.54, 1.807) is 30.5 Å². The second-order valence-electron chi connectivity index (χ2n) is 5.67. The Kier molecular flexibility index (Phi) is 5.13. The third kappa shape index (κ3) is 3.55. The lowest BCUT2D eigenvalue weighted by Crippen LogP contribution is -2.51. The maximum atomic E-state index is 12.2. The van der Waals surface area contributed by atoms with Gasteiger partial charge in [0.1, 0.15) is 24.6 Å². The van der Waals surface area contributed by atoms with E-state index < -0.39 is 0 Å². The maximum Gasteiger partial charge on any atom is 0.249 e. The van der Waals surface area contributed by atoms with Crippen LogP contribution in [0.3, 0.4) is 0 Å². The van der Waals surface area contributed by atoms with Crippen molar-refractivity contribution in [3.05, 3.63) is 30.5 Å². The Morgan fingerprint density at radius 1 is 1.40 bits per heavy atom. The molecule has 0 unspecified atom stereocenters. The van der Waals surface area contributed by atoms with Crippen LogP contribution in [0.4, 0.5) is 5.95 Å². The number of morpholine rings is 1. The van der Waals surface area contributed by atoms with Gasteiger partial charge < -0.3 is 24.3 Å². The number of amides is 1. The van der Waals surface area contributed by atoms with Crippen LogP contribution < -0.4 is 10.1 Å². The third-order valence-electron chi connectivity index (χ3n) is 4.19. The number of nitrogens with zero attached hydrogens (tertiary/aromatic N) is 5. The van der Waals surface area contributed by atoms with Crippen LogP contribution in [0.15, 0.2) is 24.7 Å². The monoisotopic (exact) mass is 346 g/mol. The molecule has 0 saturated carbocycles. The number of imidazole rings is 1. The van der Waals surface area contributed by atoms with Gasteiger partial charge in [0.15, 0.2) is 0 Å². The molecule has 25 heavy (non-hydrogen) atoms. The molecule has 1 fully saturated rings. The number of likely N-dealkylation sites (N-methyl/N-ethyl adjacent to an activating group) is 1. The topological polar surface area (TPSA) is 94.4 Å². The SMILES string of the molecule is CCN1C(=O)CO[C@@H](CNc2nccc(OC)n2)[C@@H]1c1nccn1C. The van der Waals surface area contributed by atoms with Crippen LogP contribution in [-0.2, 0) is 16.6 Å². The number of aryl methyl sites for hydroxylation is 1. The first-order valence-electron chi connectivity index (χ1n) is 8.13. The lowest BCUT2D eigenvalue weighted by atomic mass is 10.1. The summed E-state index contributed by atoms with van der Waals surface area (Å²) in [6, 6.07) is 1.40. The van der Waals surface area contributed by atoms with E-state index in [9.17, 15) is 4.79 Å². The average molecular weight is 346 g/mol. The zero-order valence-electron chi connectivity index (χ0n) is 14.5. The van der Waals surface area contributed by atoms with Crippen LogP contribution in [0.1, 0.15) is 18.8 Å². The van der Waals surface area contributed by atoms with E-state index >= 15 is 0 Å². The second kappa shape index (κ2) is 7.47. The fraction of sp³-hybridized carbons (Fsp3) is 0.500. The summed E-state index contributed by atoms with van der Waals surface area (Å²) >= 11 is 0. The minimum Gasteiger partial charge on any atom is -0.481 e. The first kappa shape index (κ1) is 17.2. The summed E-state index contributed by atoms with van der Waals surface area (Å²) in [6.07, 6.45) is 4.93. The molecule has 1 N–H and O–H groups in total. The van der Waals surface area contributed by atoms with E-state index in [1.165, 1.54) is 0 Å². The zero-order chi connectivity index (χ0) is 17.8. The zero-order valence-corrected chi connectivity index (χ0v) is 14.5. The molecule has 2 atom stereocenters. The van der Waals surface area contributed by atoms with Crippen molar-refractivity contribution in [2.75, 3.05) is 32.1 Å². The van der Waals surface area contributed by atoms with Crippen LogP contribution in [0.5, 0.6) is 5.88 Å². The lowest BCUT2D eigenvalue weighted by molar-refractivity contribution is -0.156. The second-order valence-corrected chi connectivity index (χ2v) is 5.67. The van der Waals surface area contributed by atoms with Crippen molar-refractivity contribution in [1.29, 1.82) is 0 Å². The first-order valence-corrected chi connectivity index (χ1v) is 8.13. The number of ether oxygens (including phenoxy) is 2. The van der Waals surface area contributed by atoms with E-state index in [1.807, 2.05) is 24.7 Å². The third-order valence-corrected chi connectivity index (χ3v) is 4.19. The van der Waals surface area contributed by atoms with E-state index in [4.69, 9.17) is 9.47 Å². The highest BCUT2D eigenvalue weighted by Gasteiger charge is 2.39. The molecule has 3 heterocycles. The van der Waals surface area contributed by atoms with Crippen LogP contribution in [0, 0.1) is 0 Å². The molecule has 9 nitrogen and oxygen atoms in total. The summed E-state index contributed by atoms with van der Waals surface area (Å²) in [5, 5.41) is 3.16. The number of aromatic nitrogens is 4. The number of methoxy groups -OCH3 is 1. The fourth-order valence-electron chi connectivity index (χ4n) is 2.95. The van der Waals surface area contributed by atoms with Gasteiger partial charge in [0.25, 0.3) is 0 Å². The van der Waals surface area contributed by atoms with Gasteiger partial charge in [0.05, 0.1) is 7.11 Å². The highest BCUT2D eigenvalue weighted by atomic mass is 16.5. The molecular formula is C16H22N6O3. The fourth-order valence-corrected chi connectivity index (χ4v) is 2.95. The normalized spacial score (nSPS) is 20.6. The van der Waals surface area contributed by atoms with Crippen molar-refractivity contribution >= 4 is 11.9 Å². The Morgan fingerprint density at radius 2 is 2.24 bits per heavy atom. The van der Waals surface area contributed by atoms with Crippen LogP contribution in [0.2, 0.25) is 0 Å². The van der Waals surface area contributed by atoms with Gasteiger partial charge in [0, 0.05) is 44.8 Å². The summed E-state index contributed by atoms with van der Waals surface area (Å²) in [4.78, 5) is 26.9. The highest BCUT2D eigenvalue weighted by molar-refractivity contribution is 5.78. The van der Waals surface area contributed by atoms with E-state index in [2.05, 4.69) is 20.3 Å². The van der Waals surface area contributed by atoms with Gasteiger partial charge in [-0.3, -0.25) is 4.79 Å². The van der Waals surface area contributed by atoms with E-state index in [0.29, 0.717) is 24.9 Å². The molecule has 0 bridgehead atoms. The van der Waals surface area contributed by atoms with E-state index in [-0.39, 0.29) is 24.7 Å². The number of carbonyl (C=O) groups is 1. The predicted molar refractivity (Wildman–Crippen MR) is 90.1 cm³/mol. The number of hydrogen-bond donors (Lipinski definition) is 1. The summed E-state index contributed by atoms with van der Waals surface area (Å²) in [5.41, 5.74) is 0. The Balaban J connectivity index is 1.80. The maximum absolute atomic E-state index is 12.2. The molecule has 1 aliphatic rings. The molecule has 0 spiro atoms. The van der Waals surface area contributed by atoms with Crippen LogP contribution in [-0.4, -0.2) is 63.2 Å². The molecule has 0 radical (unpaired) electrons. The molecule has 1 aliphatic heterocycles. The number of rotatable bonds is 6. The molecule has 9 heteroatoms. The molecule has 1 amide bonds. The molecular weight excluding hydrogens is 324 g/mol. The van der Waals surface area contributed by atoms with Gasteiger partial charge in [-0.1, -0.05) is 0 Å². The quantitative estimate of drug-likeness (QED) is 0.819. The van der Waals surface area contributed by atoms with Crippen molar-refractivity contribution in [2.45, 2.75) is 19.1 Å². The number of carbonyl (C=O) groups excluding carboxylic acids is 1. The molecule has 134 valence electrons. The molecule has 0 aromatic carbocycles. The molecule has 2 aromatic heterocycles. The highest BCUT2D eigenvalue weighted by Crippen LogP contribution is 2.29. The van der Waals surface area contributed by atoms with Crippen molar-refractivity contribution < 1.29 is 14.3 Å². The minimum atomic E-state index is -0.274. The number of nitrogens with one attached hydrogen (secondary N) is 1. The van der Waals surface area contributed by atoms with Gasteiger partial charge >= 0.3 is 0 Å². The summed E-state index contributed by atoms with van der Waals surface area (Å²) in [5.74, 6) is 1.67. The molecule has 0 aliphatic carbocycles. The Bertz CT molecular complexity index is 734. The molecule has 1 saturated heterocycles. The van der Waals surface area contributed by atoms with Gasteiger partial charge in [-0.15, -0.1) is 0 Å². The largest absolute Gasteiger partial charge is 0.481 e. The molecule has 3 rings (SSSR count). The van der Waals surface area contributed by atoms with Crippen molar-refractivity contribution in [3.8, 4) is 5.88 Å². The first-order chi connectivity index (χ1) is 12.1. The van der Waals surface area contributed by atoms with Crippen LogP contribution in [0.25, 0.3) is 0 Å². The summed E-state index contributed by atoms with van der Waals surface area (Å²) in [6.45, 7) is 3.04. The summed E-state index contributed by atoms with van der Waals surface area (Å²) in [7, 11) is 3.46. The van der Waals surface area contributed by atoms with Crippen LogP contribution >= 0.6 is 0 Å². The van der Waals surface area contributed by atoms with Gasteiger partial charge in [-0.05, 0) is 6.92 Å². The average Bonchev–Trinajstić information content (AvgIpc) is 3.06. The van der Waals surface area contributed by atoms with Crippen molar-refractivity contribution in [3.63, 3.8) is 0 Å².